The van der Waals surface area contributed by atoms with Gasteiger partial charge in [-0.05, 0) is 12.1 Å². The third kappa shape index (κ3) is 2.81. The van der Waals surface area contributed by atoms with E-state index in [1.54, 1.807) is 0 Å². The van der Waals surface area contributed by atoms with Crippen LogP contribution in [0, 0.1) is 10.1 Å². The van der Waals surface area contributed by atoms with Crippen LogP contribution in [0.2, 0.25) is 0 Å². The van der Waals surface area contributed by atoms with Crippen molar-refractivity contribution >= 4 is 28.9 Å². The Hall–Kier alpha value is -1.82. The van der Waals surface area contributed by atoms with Crippen LogP contribution >= 0.6 is 11.6 Å². The first-order valence-corrected chi connectivity index (χ1v) is 4.41. The quantitative estimate of drug-likeness (QED) is 0.356. The number of nitrogens with one attached hydrogen (secondary N) is 1. The molecule has 0 saturated carbocycles. The maximum absolute atomic E-state index is 10.9. The number of nitro benzene ring substituents is 1. The molecular weight excluding hydrogens is 224 g/mol. The monoisotopic (exact) mass is 230 g/mol. The van der Waals surface area contributed by atoms with Crippen molar-refractivity contribution in [1.29, 1.82) is 0 Å². The SMILES string of the molecule is O=C(CCl)Nc1ccc(O)cc1[N+](=O)[O-]. The molecule has 0 fully saturated rings. The number of aromatic hydroxyl groups is 1. The lowest BCUT2D eigenvalue weighted by atomic mass is 10.2. The number of rotatable bonds is 3. The van der Waals surface area contributed by atoms with Crippen LogP contribution < -0.4 is 5.32 Å². The average Bonchev–Trinajstić information content (AvgIpc) is 2.20. The number of phenols is 1. The molecule has 0 aliphatic carbocycles. The number of hydrogen-bond donors (Lipinski definition) is 2. The molecule has 80 valence electrons. The molecule has 0 heterocycles. The Morgan fingerprint density at radius 2 is 2.27 bits per heavy atom. The highest BCUT2D eigenvalue weighted by atomic mass is 35.5. The normalized spacial score (nSPS) is 9.67. The largest absolute Gasteiger partial charge is 0.508 e. The molecule has 0 aliphatic heterocycles. The van der Waals surface area contributed by atoms with E-state index in [2.05, 4.69) is 5.32 Å². The summed E-state index contributed by atoms with van der Waals surface area (Å²) >= 11 is 5.23. The molecule has 0 unspecified atom stereocenters. The molecule has 0 aliphatic rings. The van der Waals surface area contributed by atoms with Crippen molar-refractivity contribution in [3.05, 3.63) is 28.3 Å². The van der Waals surface area contributed by atoms with Gasteiger partial charge in [-0.1, -0.05) is 0 Å². The lowest BCUT2D eigenvalue weighted by molar-refractivity contribution is -0.384. The van der Waals surface area contributed by atoms with E-state index in [1.807, 2.05) is 0 Å². The van der Waals surface area contributed by atoms with Gasteiger partial charge in [0, 0.05) is 0 Å². The second-order valence-electron chi connectivity index (χ2n) is 2.64. The highest BCUT2D eigenvalue weighted by Gasteiger charge is 2.15. The second-order valence-corrected chi connectivity index (χ2v) is 2.91. The number of carbonyl (C=O) groups excluding carboxylic acids is 1. The molecule has 6 nitrogen and oxygen atoms in total. The molecule has 1 rings (SSSR count). The van der Waals surface area contributed by atoms with Gasteiger partial charge in [-0.15, -0.1) is 11.6 Å². The number of hydrogen-bond acceptors (Lipinski definition) is 4. The molecule has 0 bridgehead atoms. The first-order chi connectivity index (χ1) is 7.04. The molecule has 0 spiro atoms. The van der Waals surface area contributed by atoms with Gasteiger partial charge in [0.25, 0.3) is 5.69 Å². The van der Waals surface area contributed by atoms with Gasteiger partial charge in [-0.25, -0.2) is 0 Å². The van der Waals surface area contributed by atoms with E-state index < -0.39 is 10.8 Å². The van der Waals surface area contributed by atoms with Gasteiger partial charge in [0.15, 0.2) is 0 Å². The lowest BCUT2D eigenvalue weighted by Crippen LogP contribution is -2.13. The average molecular weight is 231 g/mol. The third-order valence-corrected chi connectivity index (χ3v) is 1.82. The van der Waals surface area contributed by atoms with Gasteiger partial charge in [0.05, 0.1) is 11.0 Å². The van der Waals surface area contributed by atoms with Crippen molar-refractivity contribution in [2.24, 2.45) is 0 Å². The zero-order chi connectivity index (χ0) is 11.4. The van der Waals surface area contributed by atoms with Crippen molar-refractivity contribution in [3.8, 4) is 5.75 Å². The van der Waals surface area contributed by atoms with E-state index in [1.165, 1.54) is 12.1 Å². The van der Waals surface area contributed by atoms with Crippen LogP contribution in [-0.4, -0.2) is 21.8 Å². The van der Waals surface area contributed by atoms with Crippen LogP contribution in [0.3, 0.4) is 0 Å². The van der Waals surface area contributed by atoms with Crippen LogP contribution in [0.4, 0.5) is 11.4 Å². The van der Waals surface area contributed by atoms with Crippen molar-refractivity contribution in [2.45, 2.75) is 0 Å². The number of nitro groups is 1. The van der Waals surface area contributed by atoms with Crippen LogP contribution in [-0.2, 0) is 4.79 Å². The van der Waals surface area contributed by atoms with E-state index in [-0.39, 0.29) is 23.0 Å². The first-order valence-electron chi connectivity index (χ1n) is 3.88. The molecule has 0 saturated heterocycles. The van der Waals surface area contributed by atoms with E-state index in [0.29, 0.717) is 0 Å². The number of anilines is 1. The minimum atomic E-state index is -0.705. The summed E-state index contributed by atoms with van der Waals surface area (Å²) in [5, 5.41) is 21.8. The van der Waals surface area contributed by atoms with Crippen LogP contribution in [0.25, 0.3) is 0 Å². The second kappa shape index (κ2) is 4.61. The molecule has 1 aromatic rings. The Kier molecular flexibility index (Phi) is 3.46. The van der Waals surface area contributed by atoms with Crippen molar-refractivity contribution < 1.29 is 14.8 Å². The maximum Gasteiger partial charge on any atom is 0.296 e. The highest BCUT2D eigenvalue weighted by Crippen LogP contribution is 2.28. The molecule has 0 radical (unpaired) electrons. The fourth-order valence-corrected chi connectivity index (χ4v) is 1.03. The van der Waals surface area contributed by atoms with Crippen molar-refractivity contribution in [1.82, 2.24) is 0 Å². The molecule has 7 heteroatoms. The molecule has 15 heavy (non-hydrogen) atoms. The Morgan fingerprint density at radius 3 is 2.80 bits per heavy atom. The van der Waals surface area contributed by atoms with Gasteiger partial charge >= 0.3 is 0 Å². The topological polar surface area (TPSA) is 92.5 Å². The number of phenolic OH excluding ortho intramolecular Hbond substituents is 1. The Balaban J connectivity index is 3.06. The number of halogens is 1. The Labute approximate surface area is 89.6 Å². The standard InChI is InChI=1S/C8H7ClN2O4/c9-4-8(13)10-6-2-1-5(12)3-7(6)11(14)15/h1-3,12H,4H2,(H,10,13). The summed E-state index contributed by atoms with van der Waals surface area (Å²) in [6, 6.07) is 3.42. The smallest absolute Gasteiger partial charge is 0.296 e. The molecule has 1 aromatic carbocycles. The minimum Gasteiger partial charge on any atom is -0.508 e. The summed E-state index contributed by atoms with van der Waals surface area (Å²) in [6.07, 6.45) is 0. The van der Waals surface area contributed by atoms with Crippen molar-refractivity contribution in [3.63, 3.8) is 0 Å². The van der Waals surface area contributed by atoms with Crippen molar-refractivity contribution in [2.75, 3.05) is 11.2 Å². The number of nitrogens with zero attached hydrogens (tertiary/aromatic N) is 1. The first kappa shape index (κ1) is 11.3. The maximum atomic E-state index is 10.9. The fourth-order valence-electron chi connectivity index (χ4n) is 0.960. The summed E-state index contributed by atoms with van der Waals surface area (Å²) in [7, 11) is 0. The van der Waals surface area contributed by atoms with E-state index in [0.717, 1.165) is 6.07 Å². The van der Waals surface area contributed by atoms with Crippen LogP contribution in [0.1, 0.15) is 0 Å². The Morgan fingerprint density at radius 1 is 1.60 bits per heavy atom. The van der Waals surface area contributed by atoms with Gasteiger partial charge in [0.2, 0.25) is 5.91 Å². The molecule has 0 atom stereocenters. The molecular formula is C8H7ClN2O4. The zero-order valence-corrected chi connectivity index (χ0v) is 8.19. The summed E-state index contributed by atoms with van der Waals surface area (Å²) < 4.78 is 0. The molecule has 1 amide bonds. The van der Waals surface area contributed by atoms with Crippen LogP contribution in [0.15, 0.2) is 18.2 Å². The summed E-state index contributed by atoms with van der Waals surface area (Å²) in [4.78, 5) is 20.8. The van der Waals surface area contributed by atoms with Gasteiger partial charge in [-0.2, -0.15) is 0 Å². The zero-order valence-electron chi connectivity index (χ0n) is 7.44. The summed E-state index contributed by atoms with van der Waals surface area (Å²) in [5.41, 5.74) is -0.378. The fraction of sp³-hybridized carbons (Fsp3) is 0.125. The lowest BCUT2D eigenvalue weighted by Gasteiger charge is -2.03. The van der Waals surface area contributed by atoms with Crippen LogP contribution in [0.5, 0.6) is 5.75 Å². The van der Waals surface area contributed by atoms with E-state index in [9.17, 15) is 14.9 Å². The van der Waals surface area contributed by atoms with Gasteiger partial charge < -0.3 is 10.4 Å². The highest BCUT2D eigenvalue weighted by molar-refractivity contribution is 6.29. The van der Waals surface area contributed by atoms with E-state index >= 15 is 0 Å². The number of benzene rings is 1. The Bertz CT molecular complexity index is 408. The predicted octanol–water partition coefficient (Wildman–Crippen LogP) is 1.48. The number of amides is 1. The summed E-state index contributed by atoms with van der Waals surface area (Å²) in [5.74, 6) is -1.09. The molecule has 2 N–H and O–H groups in total. The number of alkyl halides is 1. The number of carbonyl (C=O) groups is 1. The minimum absolute atomic E-state index is 0.00319. The molecule has 0 aromatic heterocycles. The van der Waals surface area contributed by atoms with Gasteiger partial charge in [-0.3, -0.25) is 14.9 Å². The van der Waals surface area contributed by atoms with E-state index in [4.69, 9.17) is 16.7 Å². The predicted molar refractivity (Wildman–Crippen MR) is 54.1 cm³/mol. The summed E-state index contributed by atoms with van der Waals surface area (Å²) in [6.45, 7) is 0. The third-order valence-electron chi connectivity index (χ3n) is 1.57. The van der Waals surface area contributed by atoms with Gasteiger partial charge in [0.1, 0.15) is 17.3 Å².